The molecule has 3 aliphatic heterocycles. The fourth-order valence-corrected chi connectivity index (χ4v) is 5.68. The number of carbonyl (C=O) groups is 2. The van der Waals surface area contributed by atoms with E-state index in [-0.39, 0.29) is 23.6 Å². The van der Waals surface area contributed by atoms with Crippen LogP contribution < -0.4 is 16.0 Å². The number of aromatic nitrogens is 2. The predicted molar refractivity (Wildman–Crippen MR) is 162 cm³/mol. The van der Waals surface area contributed by atoms with Crippen LogP contribution in [-0.4, -0.2) is 107 Å². The van der Waals surface area contributed by atoms with E-state index in [0.717, 1.165) is 43.1 Å². The molecule has 42 heavy (non-hydrogen) atoms. The largest absolute Gasteiger partial charge is 0.409 e. The summed E-state index contributed by atoms with van der Waals surface area (Å²) in [6, 6.07) is 13.6. The molecule has 0 bridgehead atoms. The predicted octanol–water partition coefficient (Wildman–Crippen LogP) is 1.49. The highest BCUT2D eigenvalue weighted by Crippen LogP contribution is 2.24. The summed E-state index contributed by atoms with van der Waals surface area (Å²) in [5, 5.41) is 22.5. The van der Waals surface area contributed by atoms with Gasteiger partial charge >= 0.3 is 0 Å². The van der Waals surface area contributed by atoms with Gasteiger partial charge in [-0.25, -0.2) is 4.99 Å². The number of likely N-dealkylation sites (tertiary alicyclic amines) is 1. The number of aromatic amines is 1. The van der Waals surface area contributed by atoms with Gasteiger partial charge in [0.25, 0.3) is 0 Å². The number of rotatable bonds is 7. The topological polar surface area (TPSA) is 168 Å². The quantitative estimate of drug-likeness (QED) is 0.144. The zero-order valence-electron chi connectivity index (χ0n) is 23.2. The molecule has 2 amide bonds. The van der Waals surface area contributed by atoms with Crippen LogP contribution in [0.1, 0.15) is 24.1 Å². The lowest BCUT2D eigenvalue weighted by atomic mass is 10.1. The number of fused-ring (bicyclic) bond motifs is 1. The molecule has 2 aromatic carbocycles. The summed E-state index contributed by atoms with van der Waals surface area (Å²) in [7, 11) is 0. The fraction of sp³-hybridized carbons (Fsp3) is 0.379. The number of H-pyrrole nitrogens is 1. The average molecular weight is 571 g/mol. The Morgan fingerprint density at radius 3 is 2.64 bits per heavy atom. The SMILES string of the molecule is NC(=NO)c1n[nH]c2ccc(NC(=O)[C@@H]3CCN(CC(=O)N4CCN(c5ccc(C6=NCCC=N6)cc5)CC4)C3)cc12. The van der Waals surface area contributed by atoms with Gasteiger partial charge in [0.15, 0.2) is 11.7 Å². The van der Waals surface area contributed by atoms with Gasteiger partial charge in [0, 0.05) is 74.2 Å². The molecule has 0 saturated carbocycles. The summed E-state index contributed by atoms with van der Waals surface area (Å²) in [6.07, 6.45) is 3.49. The highest BCUT2D eigenvalue weighted by Gasteiger charge is 2.31. The van der Waals surface area contributed by atoms with Crippen molar-refractivity contribution in [3.05, 3.63) is 53.7 Å². The number of piperazine rings is 1. The zero-order chi connectivity index (χ0) is 29.1. The first-order chi connectivity index (χ1) is 20.5. The van der Waals surface area contributed by atoms with E-state index in [0.29, 0.717) is 61.4 Å². The number of hydrogen-bond donors (Lipinski definition) is 4. The van der Waals surface area contributed by atoms with Gasteiger partial charge in [0.1, 0.15) is 5.69 Å². The Morgan fingerprint density at radius 1 is 1.10 bits per heavy atom. The molecule has 0 aliphatic carbocycles. The van der Waals surface area contributed by atoms with E-state index in [9.17, 15) is 9.59 Å². The van der Waals surface area contributed by atoms with Crippen molar-refractivity contribution in [1.82, 2.24) is 20.0 Å². The molecule has 2 saturated heterocycles. The number of benzene rings is 2. The van der Waals surface area contributed by atoms with Crippen molar-refractivity contribution in [1.29, 1.82) is 0 Å². The third-order valence-electron chi connectivity index (χ3n) is 8.04. The van der Waals surface area contributed by atoms with Crippen molar-refractivity contribution < 1.29 is 14.8 Å². The lowest BCUT2D eigenvalue weighted by molar-refractivity contribution is -0.132. The molecule has 0 spiro atoms. The minimum Gasteiger partial charge on any atom is -0.409 e. The van der Waals surface area contributed by atoms with Gasteiger partial charge in [0.2, 0.25) is 11.8 Å². The number of nitrogens with one attached hydrogen (secondary N) is 2. The molecule has 218 valence electrons. The van der Waals surface area contributed by atoms with E-state index in [2.05, 4.69) is 64.7 Å². The highest BCUT2D eigenvalue weighted by molar-refractivity contribution is 6.08. The summed E-state index contributed by atoms with van der Waals surface area (Å²) < 4.78 is 0. The van der Waals surface area contributed by atoms with Gasteiger partial charge in [-0.2, -0.15) is 5.10 Å². The van der Waals surface area contributed by atoms with Crippen molar-refractivity contribution in [3.8, 4) is 0 Å². The normalized spacial score (nSPS) is 19.8. The fourth-order valence-electron chi connectivity index (χ4n) is 5.68. The van der Waals surface area contributed by atoms with Gasteiger partial charge in [-0.05, 0) is 55.4 Å². The molecular formula is C29H34N10O3. The van der Waals surface area contributed by atoms with E-state index >= 15 is 0 Å². The van der Waals surface area contributed by atoms with Gasteiger partial charge in [0.05, 0.1) is 18.0 Å². The molecule has 13 nitrogen and oxygen atoms in total. The standard InChI is InChI=1S/C29H34N10O3/c30-27(36-42)26-23-16-21(4-7-24(23)34-35-26)33-29(41)20-8-11-37(17-20)18-25(40)39-14-12-38(13-15-39)22-5-2-19(3-6-22)28-31-9-1-10-32-28/h2-7,9,16,20,42H,1,8,10-15,17-18H2,(H2,30,36)(H,33,41)(H,34,35)/t20-/m1/s1. The van der Waals surface area contributed by atoms with Crippen LogP contribution in [0, 0.1) is 5.92 Å². The second-order valence-electron chi connectivity index (χ2n) is 10.7. The van der Waals surface area contributed by atoms with Gasteiger partial charge < -0.3 is 26.1 Å². The van der Waals surface area contributed by atoms with E-state index in [1.54, 1.807) is 18.2 Å². The van der Waals surface area contributed by atoms with Crippen LogP contribution in [0.4, 0.5) is 11.4 Å². The maximum Gasteiger partial charge on any atom is 0.236 e. The number of carbonyl (C=O) groups excluding carboxylic acids is 2. The number of hydrogen-bond acceptors (Lipinski definition) is 9. The molecule has 2 fully saturated rings. The molecule has 4 heterocycles. The molecule has 3 aliphatic rings. The second kappa shape index (κ2) is 12.0. The van der Waals surface area contributed by atoms with Crippen molar-refractivity contribution in [2.45, 2.75) is 12.8 Å². The minimum atomic E-state index is -0.216. The average Bonchev–Trinajstić information content (AvgIpc) is 3.68. The minimum absolute atomic E-state index is 0.0971. The summed E-state index contributed by atoms with van der Waals surface area (Å²) in [5.74, 6) is 0.457. The monoisotopic (exact) mass is 570 g/mol. The highest BCUT2D eigenvalue weighted by atomic mass is 16.4. The maximum absolute atomic E-state index is 13.1. The van der Waals surface area contributed by atoms with Crippen LogP contribution in [0.5, 0.6) is 0 Å². The molecule has 0 radical (unpaired) electrons. The Labute approximate surface area is 242 Å². The van der Waals surface area contributed by atoms with E-state index < -0.39 is 0 Å². The molecule has 6 rings (SSSR count). The van der Waals surface area contributed by atoms with Crippen LogP contribution in [0.2, 0.25) is 0 Å². The first-order valence-electron chi connectivity index (χ1n) is 14.2. The third-order valence-corrected chi connectivity index (χ3v) is 8.04. The summed E-state index contributed by atoms with van der Waals surface area (Å²) >= 11 is 0. The number of oxime groups is 1. The Hall–Kier alpha value is -4.78. The van der Waals surface area contributed by atoms with Crippen molar-refractivity contribution in [2.75, 3.05) is 62.6 Å². The van der Waals surface area contributed by atoms with Crippen LogP contribution in [0.25, 0.3) is 10.9 Å². The second-order valence-corrected chi connectivity index (χ2v) is 10.7. The number of nitrogens with zero attached hydrogens (tertiary/aromatic N) is 7. The smallest absolute Gasteiger partial charge is 0.236 e. The first kappa shape index (κ1) is 27.4. The maximum atomic E-state index is 13.1. The molecule has 5 N–H and O–H groups in total. The van der Waals surface area contributed by atoms with Gasteiger partial charge in [-0.1, -0.05) is 5.16 Å². The number of amides is 2. The van der Waals surface area contributed by atoms with Gasteiger partial charge in [-0.15, -0.1) is 0 Å². The number of amidine groups is 2. The number of aliphatic imine (C=N–C) groups is 2. The molecule has 0 unspecified atom stereocenters. The van der Waals surface area contributed by atoms with Crippen molar-refractivity contribution in [3.63, 3.8) is 0 Å². The molecule has 1 atom stereocenters. The number of nitrogens with two attached hydrogens (primary N) is 1. The molecule has 13 heteroatoms. The van der Waals surface area contributed by atoms with Crippen molar-refractivity contribution in [2.24, 2.45) is 26.8 Å². The summed E-state index contributed by atoms with van der Waals surface area (Å²) in [6.45, 7) is 5.19. The van der Waals surface area contributed by atoms with Crippen LogP contribution >= 0.6 is 0 Å². The molecular weight excluding hydrogens is 536 g/mol. The Balaban J connectivity index is 0.974. The summed E-state index contributed by atoms with van der Waals surface area (Å²) in [5.41, 5.74) is 9.48. The van der Waals surface area contributed by atoms with E-state index in [1.807, 2.05) is 11.1 Å². The van der Waals surface area contributed by atoms with E-state index in [1.165, 1.54) is 0 Å². The Bertz CT molecular complexity index is 1550. The third kappa shape index (κ3) is 5.81. The molecule has 1 aromatic heterocycles. The van der Waals surface area contributed by atoms with Gasteiger partial charge in [-0.3, -0.25) is 24.6 Å². The molecule has 3 aromatic rings. The number of anilines is 2. The summed E-state index contributed by atoms with van der Waals surface area (Å²) in [4.78, 5) is 41.2. The van der Waals surface area contributed by atoms with Crippen molar-refractivity contribution >= 4 is 52.0 Å². The van der Waals surface area contributed by atoms with Crippen LogP contribution in [0.3, 0.4) is 0 Å². The first-order valence-corrected chi connectivity index (χ1v) is 14.2. The Kier molecular flexibility index (Phi) is 7.82. The lowest BCUT2D eigenvalue weighted by Gasteiger charge is -2.36. The zero-order valence-corrected chi connectivity index (χ0v) is 23.2. The van der Waals surface area contributed by atoms with E-state index in [4.69, 9.17) is 10.9 Å². The van der Waals surface area contributed by atoms with Crippen LogP contribution in [-0.2, 0) is 9.59 Å². The van der Waals surface area contributed by atoms with Crippen LogP contribution in [0.15, 0.2) is 57.6 Å². The lowest BCUT2D eigenvalue weighted by Crippen LogP contribution is -2.51. The Morgan fingerprint density at radius 2 is 1.90 bits per heavy atom.